The van der Waals surface area contributed by atoms with E-state index in [4.69, 9.17) is 4.74 Å². The molecule has 6 heteroatoms. The van der Waals surface area contributed by atoms with Crippen LogP contribution in [0.1, 0.15) is 52.9 Å². The molecule has 1 aliphatic heterocycles. The Hall–Kier alpha value is -2.73. The average molecular weight is 325 g/mol. The number of nitro benzene ring substituents is 1. The summed E-state index contributed by atoms with van der Waals surface area (Å²) in [7, 11) is 0. The molecule has 0 radical (unpaired) electrons. The molecule has 0 saturated heterocycles. The number of ketones is 1. The molecule has 0 spiro atoms. The summed E-state index contributed by atoms with van der Waals surface area (Å²) in [5.41, 5.74) is -0.507. The normalized spacial score (nSPS) is 23.7. The zero-order valence-corrected chi connectivity index (χ0v) is 13.1. The maximum absolute atomic E-state index is 12.9. The summed E-state index contributed by atoms with van der Waals surface area (Å²) in [4.78, 5) is 23.5. The molecule has 4 rings (SSSR count). The van der Waals surface area contributed by atoms with Crippen molar-refractivity contribution >= 4 is 11.5 Å². The fraction of sp³-hybridized carbons (Fsp3) is 0.278. The van der Waals surface area contributed by atoms with Crippen LogP contribution in [-0.4, -0.2) is 15.8 Å². The van der Waals surface area contributed by atoms with Crippen molar-refractivity contribution in [3.05, 3.63) is 68.8 Å². The van der Waals surface area contributed by atoms with Gasteiger partial charge in [0.05, 0.1) is 4.92 Å². The largest absolute Gasteiger partial charge is 0.481 e. The van der Waals surface area contributed by atoms with Crippen LogP contribution in [0.25, 0.3) is 0 Å². The molecule has 2 atom stereocenters. The van der Waals surface area contributed by atoms with E-state index in [1.165, 1.54) is 12.1 Å². The Kier molecular flexibility index (Phi) is 2.87. The van der Waals surface area contributed by atoms with Crippen molar-refractivity contribution in [2.75, 3.05) is 0 Å². The number of Topliss-reactive ketones (excluding diaryl/α,β-unsaturated/α-hetero) is 1. The number of nitrogens with zero attached hydrogens (tertiary/aromatic N) is 1. The predicted molar refractivity (Wildman–Crippen MR) is 85.2 cm³/mol. The maximum atomic E-state index is 12.9. The lowest BCUT2D eigenvalue weighted by molar-refractivity contribution is -0.385. The first-order chi connectivity index (χ1) is 11.4. The van der Waals surface area contributed by atoms with Crippen molar-refractivity contribution in [1.82, 2.24) is 0 Å². The third-order valence-corrected chi connectivity index (χ3v) is 4.83. The number of nitro groups is 1. The molecule has 1 aliphatic carbocycles. The maximum Gasteiger partial charge on any atom is 0.280 e. The summed E-state index contributed by atoms with van der Waals surface area (Å²) in [5.74, 6) is 0.0584. The summed E-state index contributed by atoms with van der Waals surface area (Å²) in [5, 5.41) is 22.3. The van der Waals surface area contributed by atoms with Crippen molar-refractivity contribution in [3.63, 3.8) is 0 Å². The Morgan fingerprint density at radius 3 is 2.71 bits per heavy atom. The van der Waals surface area contributed by atoms with Crippen LogP contribution in [0.5, 0.6) is 5.75 Å². The van der Waals surface area contributed by atoms with E-state index in [1.807, 2.05) is 26.0 Å². The molecule has 1 heterocycles. The van der Waals surface area contributed by atoms with Gasteiger partial charge in [0.1, 0.15) is 11.3 Å². The number of aliphatic hydroxyl groups is 1. The summed E-state index contributed by atoms with van der Waals surface area (Å²) < 4.78 is 5.86. The zero-order chi connectivity index (χ0) is 17.2. The lowest BCUT2D eigenvalue weighted by atomic mass is 9.88. The van der Waals surface area contributed by atoms with Crippen LogP contribution in [0.2, 0.25) is 0 Å². The molecule has 2 aliphatic rings. The first-order valence-corrected chi connectivity index (χ1v) is 7.71. The molecule has 1 N–H and O–H groups in total. The molecule has 0 amide bonds. The Morgan fingerprint density at radius 2 is 2.04 bits per heavy atom. The lowest BCUT2D eigenvalue weighted by Crippen LogP contribution is -2.34. The first-order valence-electron chi connectivity index (χ1n) is 7.71. The number of carbonyl (C=O) groups excluding carboxylic acids is 1. The van der Waals surface area contributed by atoms with E-state index in [1.54, 1.807) is 12.1 Å². The third kappa shape index (κ3) is 1.66. The smallest absolute Gasteiger partial charge is 0.280 e. The van der Waals surface area contributed by atoms with Gasteiger partial charge in [-0.1, -0.05) is 38.1 Å². The number of hydrogen-bond donors (Lipinski definition) is 1. The zero-order valence-electron chi connectivity index (χ0n) is 13.1. The van der Waals surface area contributed by atoms with Gasteiger partial charge >= 0.3 is 0 Å². The van der Waals surface area contributed by atoms with Crippen molar-refractivity contribution < 1.29 is 19.6 Å². The van der Waals surface area contributed by atoms with Crippen LogP contribution in [0, 0.1) is 10.1 Å². The highest BCUT2D eigenvalue weighted by Crippen LogP contribution is 2.57. The standard InChI is InChI=1S/C18H15NO5/c1-9(2)10-6-7-12-14(8-10)24-17-11-4-3-5-13(19(22)23)15(11)16(20)18(12,17)21/h3-9,17,21H,1-2H3. The van der Waals surface area contributed by atoms with Crippen LogP contribution in [0.4, 0.5) is 5.69 Å². The predicted octanol–water partition coefficient (Wildman–Crippen LogP) is 3.24. The summed E-state index contributed by atoms with van der Waals surface area (Å²) in [6.07, 6.45) is -0.947. The number of rotatable bonds is 2. The Bertz CT molecular complexity index is 904. The topological polar surface area (TPSA) is 89.7 Å². The highest BCUT2D eigenvalue weighted by molar-refractivity contribution is 6.11. The second-order valence-corrected chi connectivity index (χ2v) is 6.50. The highest BCUT2D eigenvalue weighted by atomic mass is 16.6. The summed E-state index contributed by atoms with van der Waals surface area (Å²) >= 11 is 0. The van der Waals surface area contributed by atoms with E-state index >= 15 is 0 Å². The van der Waals surface area contributed by atoms with Gasteiger partial charge in [0.25, 0.3) is 5.69 Å². The number of benzene rings is 2. The van der Waals surface area contributed by atoms with Crippen LogP contribution in [-0.2, 0) is 5.60 Å². The fourth-order valence-corrected chi connectivity index (χ4v) is 3.56. The Labute approximate surface area is 137 Å². The van der Waals surface area contributed by atoms with Crippen LogP contribution in [0.15, 0.2) is 36.4 Å². The van der Waals surface area contributed by atoms with Crippen molar-refractivity contribution in [3.8, 4) is 5.75 Å². The summed E-state index contributed by atoms with van der Waals surface area (Å²) in [6.45, 7) is 4.08. The van der Waals surface area contributed by atoms with E-state index in [2.05, 4.69) is 0 Å². The van der Waals surface area contributed by atoms with Crippen molar-refractivity contribution in [1.29, 1.82) is 0 Å². The SMILES string of the molecule is CC(C)c1ccc2c(c1)OC1c3cccc([N+](=O)[O-])c3C(=O)C21O. The molecule has 122 valence electrons. The molecule has 0 saturated carbocycles. The van der Waals surface area contributed by atoms with E-state index < -0.39 is 22.4 Å². The van der Waals surface area contributed by atoms with Crippen LogP contribution >= 0.6 is 0 Å². The summed E-state index contributed by atoms with van der Waals surface area (Å²) in [6, 6.07) is 9.71. The molecule has 0 fully saturated rings. The average Bonchev–Trinajstić information content (AvgIpc) is 2.97. The van der Waals surface area contributed by atoms with E-state index in [-0.39, 0.29) is 17.2 Å². The first kappa shape index (κ1) is 14.8. The van der Waals surface area contributed by atoms with E-state index in [0.717, 1.165) is 5.56 Å². The molecule has 2 aromatic carbocycles. The van der Waals surface area contributed by atoms with Crippen LogP contribution in [0.3, 0.4) is 0 Å². The number of hydrogen-bond acceptors (Lipinski definition) is 5. The van der Waals surface area contributed by atoms with E-state index in [0.29, 0.717) is 16.9 Å². The second kappa shape index (κ2) is 4.64. The molecule has 24 heavy (non-hydrogen) atoms. The number of fused-ring (bicyclic) bond motifs is 5. The van der Waals surface area contributed by atoms with E-state index in [9.17, 15) is 20.0 Å². The second-order valence-electron chi connectivity index (χ2n) is 6.50. The van der Waals surface area contributed by atoms with Gasteiger partial charge in [-0.3, -0.25) is 14.9 Å². The molecule has 0 bridgehead atoms. The number of ether oxygens (including phenoxy) is 1. The monoisotopic (exact) mass is 325 g/mol. The van der Waals surface area contributed by atoms with Gasteiger partial charge in [-0.15, -0.1) is 0 Å². The van der Waals surface area contributed by atoms with Gasteiger partial charge in [0.15, 0.2) is 11.7 Å². The Balaban J connectivity index is 1.91. The number of carbonyl (C=O) groups is 1. The third-order valence-electron chi connectivity index (χ3n) is 4.83. The van der Waals surface area contributed by atoms with Gasteiger partial charge in [-0.25, -0.2) is 0 Å². The fourth-order valence-electron chi connectivity index (χ4n) is 3.56. The van der Waals surface area contributed by atoms with Gasteiger partial charge in [0, 0.05) is 17.2 Å². The minimum Gasteiger partial charge on any atom is -0.481 e. The van der Waals surface area contributed by atoms with Crippen LogP contribution < -0.4 is 4.74 Å². The quantitative estimate of drug-likeness (QED) is 0.676. The van der Waals surface area contributed by atoms with Gasteiger partial charge in [-0.05, 0) is 17.5 Å². The molecule has 2 aromatic rings. The lowest BCUT2D eigenvalue weighted by Gasteiger charge is -2.19. The molecule has 6 nitrogen and oxygen atoms in total. The van der Waals surface area contributed by atoms with Crippen molar-refractivity contribution in [2.45, 2.75) is 31.5 Å². The molecule has 2 unspecified atom stereocenters. The van der Waals surface area contributed by atoms with Crippen molar-refractivity contribution in [2.24, 2.45) is 0 Å². The highest BCUT2D eigenvalue weighted by Gasteiger charge is 2.62. The van der Waals surface area contributed by atoms with Gasteiger partial charge < -0.3 is 9.84 Å². The molecular formula is C18H15NO5. The minimum atomic E-state index is -1.90. The minimum absolute atomic E-state index is 0.0615. The Morgan fingerprint density at radius 1 is 1.29 bits per heavy atom. The molecular weight excluding hydrogens is 310 g/mol. The van der Waals surface area contributed by atoms with Gasteiger partial charge in [0.2, 0.25) is 5.78 Å². The van der Waals surface area contributed by atoms with Gasteiger partial charge in [-0.2, -0.15) is 0 Å². The molecule has 0 aromatic heterocycles.